The van der Waals surface area contributed by atoms with Gasteiger partial charge in [0.05, 0.1) is 17.7 Å². The molecule has 1 aliphatic carbocycles. The minimum absolute atomic E-state index is 0.0498. The molecule has 0 spiro atoms. The number of hydrogen-bond donors (Lipinski definition) is 1. The molecule has 7 nitrogen and oxygen atoms in total. The van der Waals surface area contributed by atoms with Gasteiger partial charge in [-0.3, -0.25) is 9.59 Å². The molecular weight excluding hydrogens is 352 g/mol. The summed E-state index contributed by atoms with van der Waals surface area (Å²) in [6, 6.07) is 0. The monoisotopic (exact) mass is 374 g/mol. The van der Waals surface area contributed by atoms with Gasteiger partial charge in [-0.15, -0.1) is 11.6 Å². The zero-order valence-electron chi connectivity index (χ0n) is 14.1. The summed E-state index contributed by atoms with van der Waals surface area (Å²) in [4.78, 5) is 35.5. The molecule has 0 aromatic heterocycles. The fourth-order valence-electron chi connectivity index (χ4n) is 2.47. The van der Waals surface area contributed by atoms with Crippen LogP contribution in [0.4, 0.5) is 0 Å². The van der Waals surface area contributed by atoms with Crippen LogP contribution in [0.2, 0.25) is 0 Å². The molecule has 1 rings (SSSR count). The normalized spacial score (nSPS) is 20.8. The molecular formula is C17H23ClO7. The molecule has 3 atom stereocenters. The van der Waals surface area contributed by atoms with Gasteiger partial charge in [-0.25, -0.2) is 4.79 Å². The van der Waals surface area contributed by atoms with Crippen LogP contribution < -0.4 is 0 Å². The Bertz CT molecular complexity index is 529. The van der Waals surface area contributed by atoms with Gasteiger partial charge < -0.3 is 19.3 Å². The van der Waals surface area contributed by atoms with E-state index >= 15 is 0 Å². The summed E-state index contributed by atoms with van der Waals surface area (Å²) in [5.41, 5.74) is 0.721. The predicted molar refractivity (Wildman–Crippen MR) is 89.8 cm³/mol. The number of aliphatic hydroxyl groups excluding tert-OH is 1. The van der Waals surface area contributed by atoms with Crippen molar-refractivity contribution in [3.63, 3.8) is 0 Å². The van der Waals surface area contributed by atoms with Crippen molar-refractivity contribution in [2.75, 3.05) is 25.7 Å². The van der Waals surface area contributed by atoms with E-state index in [9.17, 15) is 19.5 Å². The first-order chi connectivity index (χ1) is 11.9. The van der Waals surface area contributed by atoms with E-state index in [0.29, 0.717) is 12.8 Å². The molecule has 0 amide bonds. The third kappa shape index (κ3) is 6.88. The maximum Gasteiger partial charge on any atom is 0.330 e. The third-order valence-corrected chi connectivity index (χ3v) is 4.08. The molecule has 3 unspecified atom stereocenters. The summed E-state index contributed by atoms with van der Waals surface area (Å²) in [7, 11) is 0. The zero-order valence-corrected chi connectivity index (χ0v) is 14.9. The average Bonchev–Trinajstić information content (AvgIpc) is 2.62. The number of alkyl halides is 1. The topological polar surface area (TPSA) is 99.1 Å². The maximum absolute atomic E-state index is 12.3. The zero-order chi connectivity index (χ0) is 18.8. The summed E-state index contributed by atoms with van der Waals surface area (Å²) in [6.45, 7) is 4.57. The van der Waals surface area contributed by atoms with Crippen LogP contribution in [0.1, 0.15) is 19.8 Å². The van der Waals surface area contributed by atoms with E-state index in [1.54, 1.807) is 6.92 Å². The Morgan fingerprint density at radius 2 is 2.00 bits per heavy atom. The van der Waals surface area contributed by atoms with Crippen LogP contribution in [0.3, 0.4) is 0 Å². The molecule has 25 heavy (non-hydrogen) atoms. The van der Waals surface area contributed by atoms with Crippen LogP contribution in [0, 0.1) is 11.8 Å². The highest BCUT2D eigenvalue weighted by Crippen LogP contribution is 2.32. The van der Waals surface area contributed by atoms with Crippen molar-refractivity contribution < 1.29 is 33.7 Å². The molecule has 8 heteroatoms. The molecule has 0 saturated heterocycles. The highest BCUT2D eigenvalue weighted by atomic mass is 35.5. The first kappa shape index (κ1) is 21.2. The highest BCUT2D eigenvalue weighted by Gasteiger charge is 2.38. The third-order valence-electron chi connectivity index (χ3n) is 3.73. The smallest absolute Gasteiger partial charge is 0.330 e. The molecule has 0 radical (unpaired) electrons. The fourth-order valence-corrected chi connectivity index (χ4v) is 2.56. The number of rotatable bonds is 9. The molecule has 0 aromatic carbocycles. The molecule has 0 aliphatic heterocycles. The Kier molecular flexibility index (Phi) is 9.23. The molecule has 0 bridgehead atoms. The minimum Gasteiger partial charge on any atom is -0.463 e. The van der Waals surface area contributed by atoms with Gasteiger partial charge in [-0.2, -0.15) is 0 Å². The number of esters is 3. The Morgan fingerprint density at radius 3 is 2.64 bits per heavy atom. The largest absolute Gasteiger partial charge is 0.463 e. The van der Waals surface area contributed by atoms with Gasteiger partial charge >= 0.3 is 17.9 Å². The highest BCUT2D eigenvalue weighted by molar-refractivity contribution is 6.18. The minimum atomic E-state index is -0.948. The maximum atomic E-state index is 12.3. The molecule has 140 valence electrons. The summed E-state index contributed by atoms with van der Waals surface area (Å²) in [6.07, 6.45) is 3.02. The second kappa shape index (κ2) is 10.9. The van der Waals surface area contributed by atoms with Gasteiger partial charge in [0.2, 0.25) is 0 Å². The molecule has 0 heterocycles. The number of hydrogen-bond acceptors (Lipinski definition) is 7. The Morgan fingerprint density at radius 1 is 1.32 bits per heavy atom. The predicted octanol–water partition coefficient (Wildman–Crippen LogP) is 1.37. The van der Waals surface area contributed by atoms with Crippen molar-refractivity contribution in [3.8, 4) is 0 Å². The van der Waals surface area contributed by atoms with Crippen LogP contribution in [0.5, 0.6) is 0 Å². The molecule has 1 aliphatic rings. The van der Waals surface area contributed by atoms with Gasteiger partial charge in [0, 0.05) is 6.08 Å². The lowest BCUT2D eigenvalue weighted by Crippen LogP contribution is -2.36. The van der Waals surface area contributed by atoms with Crippen LogP contribution in [-0.4, -0.2) is 54.8 Å². The van der Waals surface area contributed by atoms with E-state index in [1.165, 1.54) is 0 Å². The van der Waals surface area contributed by atoms with E-state index in [1.807, 2.05) is 6.08 Å². The SMILES string of the molecule is C=CC(=O)OCCOC(=O)C1C(C)=CCCC1C(=O)OCC(O)CCl. The van der Waals surface area contributed by atoms with Crippen LogP contribution >= 0.6 is 11.6 Å². The van der Waals surface area contributed by atoms with Crippen molar-refractivity contribution in [2.24, 2.45) is 11.8 Å². The Hall–Kier alpha value is -1.86. The van der Waals surface area contributed by atoms with Crippen molar-refractivity contribution in [2.45, 2.75) is 25.9 Å². The van der Waals surface area contributed by atoms with E-state index in [0.717, 1.165) is 11.6 Å². The Labute approximate surface area is 151 Å². The van der Waals surface area contributed by atoms with Crippen molar-refractivity contribution in [1.29, 1.82) is 0 Å². The van der Waals surface area contributed by atoms with E-state index < -0.39 is 35.8 Å². The van der Waals surface area contributed by atoms with Gasteiger partial charge in [0.15, 0.2) is 0 Å². The second-order valence-corrected chi connectivity index (χ2v) is 5.90. The van der Waals surface area contributed by atoms with Crippen molar-refractivity contribution in [1.82, 2.24) is 0 Å². The number of carbonyl (C=O) groups is 3. The van der Waals surface area contributed by atoms with Gasteiger partial charge in [0.25, 0.3) is 0 Å². The second-order valence-electron chi connectivity index (χ2n) is 5.59. The van der Waals surface area contributed by atoms with Crippen molar-refractivity contribution >= 4 is 29.5 Å². The lowest BCUT2D eigenvalue weighted by atomic mass is 9.79. The number of carbonyl (C=O) groups excluding carboxylic acids is 3. The van der Waals surface area contributed by atoms with Crippen LogP contribution in [-0.2, 0) is 28.6 Å². The quantitative estimate of drug-likeness (QED) is 0.162. The lowest BCUT2D eigenvalue weighted by Gasteiger charge is -2.28. The Balaban J connectivity index is 2.61. The average molecular weight is 375 g/mol. The van der Waals surface area contributed by atoms with Gasteiger partial charge in [-0.1, -0.05) is 18.2 Å². The number of halogens is 1. The standard InChI is InChI=1S/C17H23ClO7/c1-3-14(20)23-7-8-24-17(22)15-11(2)5-4-6-13(15)16(21)25-10-12(19)9-18/h3,5,12-13,15,19H,1,4,6-10H2,2H3. The fraction of sp³-hybridized carbons (Fsp3) is 0.588. The molecule has 1 N–H and O–H groups in total. The lowest BCUT2D eigenvalue weighted by molar-refractivity contribution is -0.162. The summed E-state index contributed by atoms with van der Waals surface area (Å²) in [5, 5.41) is 9.38. The first-order valence-corrected chi connectivity index (χ1v) is 8.47. The number of ether oxygens (including phenoxy) is 3. The number of allylic oxidation sites excluding steroid dienone is 1. The summed E-state index contributed by atoms with van der Waals surface area (Å²) >= 11 is 5.46. The van der Waals surface area contributed by atoms with E-state index in [-0.39, 0.29) is 25.7 Å². The van der Waals surface area contributed by atoms with E-state index in [4.69, 9.17) is 25.8 Å². The molecule has 0 saturated carbocycles. The van der Waals surface area contributed by atoms with Crippen LogP contribution in [0.25, 0.3) is 0 Å². The summed E-state index contributed by atoms with van der Waals surface area (Å²) < 4.78 is 14.9. The molecule has 0 aromatic rings. The van der Waals surface area contributed by atoms with E-state index in [2.05, 4.69) is 6.58 Å². The molecule has 0 fully saturated rings. The van der Waals surface area contributed by atoms with Gasteiger partial charge in [-0.05, 0) is 19.8 Å². The van der Waals surface area contributed by atoms with Gasteiger partial charge in [0.1, 0.15) is 25.9 Å². The first-order valence-electron chi connectivity index (χ1n) is 7.93. The number of aliphatic hydroxyl groups is 1. The van der Waals surface area contributed by atoms with Crippen LogP contribution in [0.15, 0.2) is 24.3 Å². The summed E-state index contributed by atoms with van der Waals surface area (Å²) in [5.74, 6) is -3.25. The van der Waals surface area contributed by atoms with Crippen molar-refractivity contribution in [3.05, 3.63) is 24.3 Å².